The number of alkyl halides is 3. The zero-order valence-electron chi connectivity index (χ0n) is 18.7. The van der Waals surface area contributed by atoms with Gasteiger partial charge in [-0.15, -0.1) is 11.3 Å². The number of hydrogen-bond donors (Lipinski definition) is 2. The minimum absolute atomic E-state index is 0.161. The highest BCUT2D eigenvalue weighted by Gasteiger charge is 2.31. The molecule has 0 saturated heterocycles. The van der Waals surface area contributed by atoms with Crippen LogP contribution in [0.3, 0.4) is 0 Å². The van der Waals surface area contributed by atoms with Gasteiger partial charge in [-0.2, -0.15) is 13.2 Å². The summed E-state index contributed by atoms with van der Waals surface area (Å²) in [5.41, 5.74) is 2.34. The number of halogens is 3. The molecule has 0 saturated carbocycles. The molecule has 3 aromatic heterocycles. The van der Waals surface area contributed by atoms with Crippen LogP contribution in [0.1, 0.15) is 49.4 Å². The van der Waals surface area contributed by atoms with Gasteiger partial charge < -0.3 is 15.1 Å². The first-order valence-corrected chi connectivity index (χ1v) is 11.3. The number of aromatic nitrogens is 1. The molecule has 0 bridgehead atoms. The van der Waals surface area contributed by atoms with E-state index in [9.17, 15) is 18.0 Å². The summed E-state index contributed by atoms with van der Waals surface area (Å²) in [4.78, 5) is 18.2. The van der Waals surface area contributed by atoms with Gasteiger partial charge in [-0.05, 0) is 68.3 Å². The Bertz CT molecular complexity index is 1300. The van der Waals surface area contributed by atoms with Crippen LogP contribution < -0.4 is 10.6 Å². The van der Waals surface area contributed by atoms with Crippen LogP contribution in [-0.2, 0) is 6.18 Å². The second-order valence-electron chi connectivity index (χ2n) is 7.82. The number of thiophene rings is 1. The number of hydrogen-bond acceptors (Lipinski definition) is 5. The third kappa shape index (κ3) is 4.99. The van der Waals surface area contributed by atoms with Gasteiger partial charge in [0, 0.05) is 16.1 Å². The number of nitrogens with zero attached hydrogens (tertiary/aromatic N) is 1. The van der Waals surface area contributed by atoms with E-state index in [1.54, 1.807) is 18.2 Å². The molecule has 176 valence electrons. The van der Waals surface area contributed by atoms with Crippen LogP contribution in [0, 0.1) is 20.8 Å². The summed E-state index contributed by atoms with van der Waals surface area (Å²) in [5.74, 6) is 0.317. The topological polar surface area (TPSA) is 67.2 Å². The molecule has 5 nitrogen and oxygen atoms in total. The summed E-state index contributed by atoms with van der Waals surface area (Å²) in [7, 11) is 0. The number of aryl methyl sites for hydroxylation is 2. The van der Waals surface area contributed by atoms with E-state index >= 15 is 0 Å². The van der Waals surface area contributed by atoms with Gasteiger partial charge in [-0.1, -0.05) is 18.2 Å². The van der Waals surface area contributed by atoms with E-state index < -0.39 is 23.7 Å². The van der Waals surface area contributed by atoms with Crippen LogP contribution >= 0.6 is 11.3 Å². The molecular formula is C25H22F3N3O2S. The van der Waals surface area contributed by atoms with E-state index in [1.165, 1.54) is 29.7 Å². The maximum absolute atomic E-state index is 13.2. The Hall–Kier alpha value is -3.59. The standard InChI is InChI=1S/C25H22F3N3O2S/c1-14-6-4-8-20(29-14)30-22(17-9-11-18(12-10-17)25(26,27)28)21-15(2)16(3)34-24(21)31-23(32)19-7-5-13-33-19/h4-13,22H,1-3H3,(H,29,30)(H,31,32)/t22-/m1/s1. The second-order valence-corrected chi connectivity index (χ2v) is 9.04. The summed E-state index contributed by atoms with van der Waals surface area (Å²) in [6, 6.07) is 13.1. The molecule has 4 rings (SSSR count). The van der Waals surface area contributed by atoms with Gasteiger partial charge in [-0.25, -0.2) is 4.98 Å². The normalized spacial score (nSPS) is 12.4. The number of benzene rings is 1. The number of amides is 1. The Morgan fingerprint density at radius 1 is 1.03 bits per heavy atom. The maximum Gasteiger partial charge on any atom is 0.416 e. The van der Waals surface area contributed by atoms with Crippen LogP contribution in [0.2, 0.25) is 0 Å². The lowest BCUT2D eigenvalue weighted by atomic mass is 9.95. The number of nitrogens with one attached hydrogen (secondary N) is 2. The molecule has 1 aromatic carbocycles. The molecule has 1 atom stereocenters. The van der Waals surface area contributed by atoms with Gasteiger partial charge in [0.2, 0.25) is 0 Å². The number of furan rings is 1. The molecule has 0 aliphatic heterocycles. The number of carbonyl (C=O) groups is 1. The minimum atomic E-state index is -4.43. The predicted molar refractivity (Wildman–Crippen MR) is 126 cm³/mol. The molecule has 0 radical (unpaired) electrons. The summed E-state index contributed by atoms with van der Waals surface area (Å²) in [6.45, 7) is 5.71. The van der Waals surface area contributed by atoms with Crippen LogP contribution in [-0.4, -0.2) is 10.9 Å². The molecule has 1 amide bonds. The highest BCUT2D eigenvalue weighted by molar-refractivity contribution is 7.16. The SMILES string of the molecule is Cc1cccc(N[C@H](c2ccc(C(F)(F)F)cc2)c2c(NC(=O)c3ccco3)sc(C)c2C)n1. The van der Waals surface area contributed by atoms with Crippen molar-refractivity contribution in [2.45, 2.75) is 33.0 Å². The molecule has 0 unspecified atom stereocenters. The summed E-state index contributed by atoms with van der Waals surface area (Å²) >= 11 is 1.40. The molecular weight excluding hydrogens is 463 g/mol. The molecule has 9 heteroatoms. The van der Waals surface area contributed by atoms with E-state index in [0.29, 0.717) is 16.4 Å². The average Bonchev–Trinajstić information content (AvgIpc) is 3.41. The molecule has 2 N–H and O–H groups in total. The van der Waals surface area contributed by atoms with Crippen molar-refractivity contribution in [2.75, 3.05) is 10.6 Å². The molecule has 0 aliphatic carbocycles. The van der Waals surface area contributed by atoms with Crippen molar-refractivity contribution < 1.29 is 22.4 Å². The largest absolute Gasteiger partial charge is 0.459 e. The zero-order chi connectivity index (χ0) is 24.5. The van der Waals surface area contributed by atoms with Crippen LogP contribution in [0.15, 0.2) is 65.3 Å². The summed E-state index contributed by atoms with van der Waals surface area (Å²) < 4.78 is 44.7. The molecule has 0 spiro atoms. The van der Waals surface area contributed by atoms with Gasteiger partial charge in [0.25, 0.3) is 5.91 Å². The Morgan fingerprint density at radius 3 is 2.38 bits per heavy atom. The van der Waals surface area contributed by atoms with Crippen molar-refractivity contribution in [3.05, 3.63) is 99.4 Å². The first kappa shape index (κ1) is 23.6. The number of rotatable bonds is 6. The summed E-state index contributed by atoms with van der Waals surface area (Å²) in [5, 5.41) is 6.84. The second kappa shape index (κ2) is 9.34. The molecule has 4 aromatic rings. The van der Waals surface area contributed by atoms with Crippen molar-refractivity contribution in [3.63, 3.8) is 0 Å². The third-order valence-electron chi connectivity index (χ3n) is 5.44. The fourth-order valence-corrected chi connectivity index (χ4v) is 4.71. The van der Waals surface area contributed by atoms with Crippen molar-refractivity contribution in [2.24, 2.45) is 0 Å². The van der Waals surface area contributed by atoms with Crippen molar-refractivity contribution in [3.8, 4) is 0 Å². The lowest BCUT2D eigenvalue weighted by Crippen LogP contribution is -2.18. The van der Waals surface area contributed by atoms with Gasteiger partial charge in [-0.3, -0.25) is 4.79 Å². The Kier molecular flexibility index (Phi) is 6.47. The average molecular weight is 486 g/mol. The van der Waals surface area contributed by atoms with Crippen molar-refractivity contribution in [1.82, 2.24) is 4.98 Å². The van der Waals surface area contributed by atoms with Crippen LogP contribution in [0.25, 0.3) is 0 Å². The number of anilines is 2. The fraction of sp³-hybridized carbons (Fsp3) is 0.200. The molecule has 0 fully saturated rings. The number of carbonyl (C=O) groups excluding carboxylic acids is 1. The van der Waals surface area contributed by atoms with Crippen molar-refractivity contribution in [1.29, 1.82) is 0 Å². The number of pyridine rings is 1. The van der Waals surface area contributed by atoms with Gasteiger partial charge in [0.05, 0.1) is 17.9 Å². The lowest BCUT2D eigenvalue weighted by Gasteiger charge is -2.23. The molecule has 0 aliphatic rings. The zero-order valence-corrected chi connectivity index (χ0v) is 19.5. The third-order valence-corrected chi connectivity index (χ3v) is 6.58. The van der Waals surface area contributed by atoms with Gasteiger partial charge >= 0.3 is 6.18 Å². The Labute approximate surface area is 198 Å². The van der Waals surface area contributed by atoms with E-state index in [2.05, 4.69) is 15.6 Å². The van der Waals surface area contributed by atoms with Gasteiger partial charge in [0.1, 0.15) is 10.8 Å². The fourth-order valence-electron chi connectivity index (χ4n) is 3.62. The highest BCUT2D eigenvalue weighted by Crippen LogP contribution is 2.41. The maximum atomic E-state index is 13.2. The quantitative estimate of drug-likeness (QED) is 0.305. The molecule has 34 heavy (non-hydrogen) atoms. The van der Waals surface area contributed by atoms with E-state index in [1.807, 2.05) is 32.9 Å². The molecule has 3 heterocycles. The van der Waals surface area contributed by atoms with E-state index in [4.69, 9.17) is 4.42 Å². The summed E-state index contributed by atoms with van der Waals surface area (Å²) in [6.07, 6.45) is -3.02. The predicted octanol–water partition coefficient (Wildman–Crippen LogP) is 7.13. The van der Waals surface area contributed by atoms with E-state index in [0.717, 1.165) is 33.8 Å². The van der Waals surface area contributed by atoms with Crippen LogP contribution in [0.4, 0.5) is 24.0 Å². The first-order chi connectivity index (χ1) is 16.1. The first-order valence-electron chi connectivity index (χ1n) is 10.5. The highest BCUT2D eigenvalue weighted by atomic mass is 32.1. The minimum Gasteiger partial charge on any atom is -0.459 e. The Balaban J connectivity index is 1.79. The van der Waals surface area contributed by atoms with Crippen LogP contribution in [0.5, 0.6) is 0 Å². The monoisotopic (exact) mass is 485 g/mol. The smallest absolute Gasteiger partial charge is 0.416 e. The Morgan fingerprint density at radius 2 is 1.76 bits per heavy atom. The van der Waals surface area contributed by atoms with Crippen molar-refractivity contribution >= 4 is 28.1 Å². The van der Waals surface area contributed by atoms with E-state index in [-0.39, 0.29) is 5.76 Å². The van der Waals surface area contributed by atoms with Gasteiger partial charge in [0.15, 0.2) is 5.76 Å². The lowest BCUT2D eigenvalue weighted by molar-refractivity contribution is -0.137.